The van der Waals surface area contributed by atoms with Gasteiger partial charge < -0.3 is 10.1 Å². The molecule has 1 N–H and O–H groups in total. The zero-order chi connectivity index (χ0) is 14.5. The summed E-state index contributed by atoms with van der Waals surface area (Å²) in [5, 5.41) is 4.05. The maximum absolute atomic E-state index is 6.35. The minimum atomic E-state index is 0.176. The van der Waals surface area contributed by atoms with Crippen LogP contribution in [0.25, 0.3) is 0 Å². The average Bonchev–Trinajstić information content (AvgIpc) is 2.47. The summed E-state index contributed by atoms with van der Waals surface area (Å²) in [5.41, 5.74) is 2.34. The van der Waals surface area contributed by atoms with E-state index in [2.05, 4.69) is 45.5 Å². The molecule has 0 aromatic heterocycles. The van der Waals surface area contributed by atoms with Gasteiger partial charge in [-0.1, -0.05) is 45.7 Å². The second-order valence-electron chi connectivity index (χ2n) is 4.56. The summed E-state index contributed by atoms with van der Waals surface area (Å²) in [6.45, 7) is 0. The Kier molecular flexibility index (Phi) is 5.46. The first-order valence-electron chi connectivity index (χ1n) is 6.39. The molecule has 2 nitrogen and oxygen atoms in total. The van der Waals surface area contributed by atoms with Gasteiger partial charge in [0.05, 0.1) is 7.11 Å². The van der Waals surface area contributed by atoms with E-state index in [1.807, 2.05) is 25.2 Å². The van der Waals surface area contributed by atoms with Crippen molar-refractivity contribution >= 4 is 27.5 Å². The van der Waals surface area contributed by atoms with Crippen molar-refractivity contribution in [2.24, 2.45) is 0 Å². The van der Waals surface area contributed by atoms with Crippen LogP contribution in [0.2, 0.25) is 5.02 Å². The Labute approximate surface area is 133 Å². The van der Waals surface area contributed by atoms with E-state index in [9.17, 15) is 0 Å². The van der Waals surface area contributed by atoms with Gasteiger partial charge in [0.15, 0.2) is 0 Å². The molecule has 2 rings (SSSR count). The van der Waals surface area contributed by atoms with E-state index in [4.69, 9.17) is 16.3 Å². The van der Waals surface area contributed by atoms with E-state index in [1.54, 1.807) is 7.11 Å². The van der Waals surface area contributed by atoms with Crippen LogP contribution >= 0.6 is 27.5 Å². The summed E-state index contributed by atoms with van der Waals surface area (Å²) in [7, 11) is 3.59. The Bertz CT molecular complexity index is 571. The number of nitrogens with one attached hydrogen (secondary N) is 1. The SMILES string of the molecule is CNC(Cc1ccc(Br)cc1)c1ccc(OC)cc1Cl. The van der Waals surface area contributed by atoms with Crippen LogP contribution in [0.15, 0.2) is 46.9 Å². The summed E-state index contributed by atoms with van der Waals surface area (Å²) in [6.07, 6.45) is 0.885. The zero-order valence-electron chi connectivity index (χ0n) is 11.5. The van der Waals surface area contributed by atoms with Crippen molar-refractivity contribution in [2.45, 2.75) is 12.5 Å². The van der Waals surface area contributed by atoms with Crippen LogP contribution in [-0.2, 0) is 6.42 Å². The lowest BCUT2D eigenvalue weighted by molar-refractivity contribution is 0.414. The first kappa shape index (κ1) is 15.4. The van der Waals surface area contributed by atoms with Crippen molar-refractivity contribution in [1.82, 2.24) is 5.32 Å². The van der Waals surface area contributed by atoms with Crippen LogP contribution in [0.1, 0.15) is 17.2 Å². The molecule has 0 heterocycles. The van der Waals surface area contributed by atoms with Crippen molar-refractivity contribution in [3.63, 3.8) is 0 Å². The molecular weight excluding hydrogens is 338 g/mol. The monoisotopic (exact) mass is 353 g/mol. The van der Waals surface area contributed by atoms with Gasteiger partial charge in [-0.15, -0.1) is 0 Å². The third kappa shape index (κ3) is 3.75. The Morgan fingerprint density at radius 1 is 1.20 bits per heavy atom. The third-order valence-corrected chi connectivity index (χ3v) is 4.14. The van der Waals surface area contributed by atoms with Crippen molar-refractivity contribution in [1.29, 1.82) is 0 Å². The molecule has 0 aliphatic heterocycles. The van der Waals surface area contributed by atoms with Crippen molar-refractivity contribution in [3.8, 4) is 5.75 Å². The van der Waals surface area contributed by atoms with Gasteiger partial charge in [-0.3, -0.25) is 0 Å². The standard InChI is InChI=1S/C16H17BrClNO/c1-19-16(9-11-3-5-12(17)6-4-11)14-8-7-13(20-2)10-15(14)18/h3-8,10,16,19H,9H2,1-2H3. The Balaban J connectivity index is 2.21. The predicted molar refractivity (Wildman–Crippen MR) is 87.7 cm³/mol. The van der Waals surface area contributed by atoms with E-state index in [-0.39, 0.29) is 6.04 Å². The van der Waals surface area contributed by atoms with Gasteiger partial charge in [0.1, 0.15) is 5.75 Å². The first-order valence-corrected chi connectivity index (χ1v) is 7.56. The molecule has 0 fully saturated rings. The minimum absolute atomic E-state index is 0.176. The molecular formula is C16H17BrClNO. The summed E-state index contributed by atoms with van der Waals surface area (Å²) >= 11 is 9.80. The molecule has 2 aromatic rings. The summed E-state index contributed by atoms with van der Waals surface area (Å²) in [4.78, 5) is 0. The fraction of sp³-hybridized carbons (Fsp3) is 0.250. The van der Waals surface area contributed by atoms with E-state index < -0.39 is 0 Å². The van der Waals surface area contributed by atoms with Crippen LogP contribution in [0, 0.1) is 0 Å². The topological polar surface area (TPSA) is 21.3 Å². The highest BCUT2D eigenvalue weighted by atomic mass is 79.9. The molecule has 0 aliphatic carbocycles. The Hall–Kier alpha value is -1.03. The number of ether oxygens (including phenoxy) is 1. The van der Waals surface area contributed by atoms with E-state index in [0.29, 0.717) is 0 Å². The van der Waals surface area contributed by atoms with Crippen molar-refractivity contribution in [2.75, 3.05) is 14.2 Å². The molecule has 2 aromatic carbocycles. The Morgan fingerprint density at radius 3 is 2.45 bits per heavy atom. The van der Waals surface area contributed by atoms with Crippen LogP contribution in [0.5, 0.6) is 5.75 Å². The van der Waals surface area contributed by atoms with Crippen molar-refractivity contribution in [3.05, 3.63) is 63.1 Å². The fourth-order valence-corrected chi connectivity index (χ4v) is 2.71. The number of likely N-dealkylation sites (N-methyl/N-ethyl adjacent to an activating group) is 1. The molecule has 0 spiro atoms. The average molecular weight is 355 g/mol. The summed E-state index contributed by atoms with van der Waals surface area (Å²) in [6, 6.07) is 14.3. The molecule has 106 valence electrons. The quantitative estimate of drug-likeness (QED) is 0.846. The zero-order valence-corrected chi connectivity index (χ0v) is 13.8. The molecule has 4 heteroatoms. The second-order valence-corrected chi connectivity index (χ2v) is 5.88. The second kappa shape index (κ2) is 7.11. The molecule has 1 unspecified atom stereocenters. The summed E-state index contributed by atoms with van der Waals surface area (Å²) < 4.78 is 6.27. The van der Waals surface area contributed by atoms with Crippen LogP contribution in [-0.4, -0.2) is 14.2 Å². The maximum atomic E-state index is 6.35. The fourth-order valence-electron chi connectivity index (χ4n) is 2.14. The van der Waals surface area contributed by atoms with Gasteiger partial charge in [0, 0.05) is 15.5 Å². The van der Waals surface area contributed by atoms with E-state index >= 15 is 0 Å². The van der Waals surface area contributed by atoms with Crippen LogP contribution in [0.4, 0.5) is 0 Å². The first-order chi connectivity index (χ1) is 9.63. The molecule has 0 aliphatic rings. The number of hydrogen-bond acceptors (Lipinski definition) is 2. The molecule has 0 amide bonds. The van der Waals surface area contributed by atoms with Crippen LogP contribution < -0.4 is 10.1 Å². The van der Waals surface area contributed by atoms with Gasteiger partial charge in [0.25, 0.3) is 0 Å². The highest BCUT2D eigenvalue weighted by Gasteiger charge is 2.14. The van der Waals surface area contributed by atoms with Crippen LogP contribution in [0.3, 0.4) is 0 Å². The number of halogens is 2. The lowest BCUT2D eigenvalue weighted by atomic mass is 9.99. The lowest BCUT2D eigenvalue weighted by Gasteiger charge is -2.18. The molecule has 20 heavy (non-hydrogen) atoms. The predicted octanol–water partition coefficient (Wildman–Crippen LogP) is 4.61. The molecule has 0 bridgehead atoms. The number of benzene rings is 2. The molecule has 1 atom stereocenters. The molecule has 0 saturated carbocycles. The van der Waals surface area contributed by atoms with Gasteiger partial charge >= 0.3 is 0 Å². The lowest BCUT2D eigenvalue weighted by Crippen LogP contribution is -2.19. The number of rotatable bonds is 5. The molecule has 0 radical (unpaired) electrons. The van der Waals surface area contributed by atoms with E-state index in [1.165, 1.54) is 5.56 Å². The highest BCUT2D eigenvalue weighted by molar-refractivity contribution is 9.10. The third-order valence-electron chi connectivity index (χ3n) is 3.28. The minimum Gasteiger partial charge on any atom is -0.497 e. The number of methoxy groups -OCH3 is 1. The normalized spacial score (nSPS) is 12.2. The van der Waals surface area contributed by atoms with Gasteiger partial charge in [0.2, 0.25) is 0 Å². The Morgan fingerprint density at radius 2 is 1.90 bits per heavy atom. The smallest absolute Gasteiger partial charge is 0.120 e. The maximum Gasteiger partial charge on any atom is 0.120 e. The summed E-state index contributed by atoms with van der Waals surface area (Å²) in [5.74, 6) is 0.775. The van der Waals surface area contributed by atoms with Gasteiger partial charge in [-0.25, -0.2) is 0 Å². The highest BCUT2D eigenvalue weighted by Crippen LogP contribution is 2.29. The largest absolute Gasteiger partial charge is 0.497 e. The van der Waals surface area contributed by atoms with E-state index in [0.717, 1.165) is 27.2 Å². The molecule has 0 saturated heterocycles. The van der Waals surface area contributed by atoms with Gasteiger partial charge in [-0.2, -0.15) is 0 Å². The van der Waals surface area contributed by atoms with Crippen molar-refractivity contribution < 1.29 is 4.74 Å². The number of hydrogen-bond donors (Lipinski definition) is 1. The van der Waals surface area contributed by atoms with Gasteiger partial charge in [-0.05, 0) is 48.9 Å².